The first-order valence-electron chi connectivity index (χ1n) is 11.9. The number of carbonyl (C=O) groups excluding carboxylic acids is 1. The summed E-state index contributed by atoms with van der Waals surface area (Å²) >= 11 is 0. The molecule has 2 unspecified atom stereocenters. The molecule has 0 amide bonds. The Labute approximate surface area is 210 Å². The molecule has 3 rings (SSSR count). The van der Waals surface area contributed by atoms with Crippen molar-refractivity contribution in [2.45, 2.75) is 80.8 Å². The van der Waals surface area contributed by atoms with Gasteiger partial charge in [0.2, 0.25) is 0 Å². The van der Waals surface area contributed by atoms with E-state index >= 15 is 0 Å². The van der Waals surface area contributed by atoms with E-state index in [4.69, 9.17) is 4.74 Å². The van der Waals surface area contributed by atoms with Gasteiger partial charge in [-0.05, 0) is 53.0 Å². The van der Waals surface area contributed by atoms with Gasteiger partial charge < -0.3 is 4.74 Å². The van der Waals surface area contributed by atoms with Gasteiger partial charge in [-0.25, -0.2) is 4.21 Å². The Hall–Kier alpha value is -2.45. The summed E-state index contributed by atoms with van der Waals surface area (Å²) < 4.78 is 52.0. The highest BCUT2D eigenvalue weighted by Gasteiger charge is 2.37. The number of hydrogen-bond acceptors (Lipinski definition) is 5. The van der Waals surface area contributed by atoms with Crippen molar-refractivity contribution in [3.63, 3.8) is 0 Å². The third kappa shape index (κ3) is 5.70. The maximum Gasteiger partial charge on any atom is 0.323 e. The minimum atomic E-state index is -4.43. The van der Waals surface area contributed by atoms with Crippen LogP contribution in [-0.4, -0.2) is 30.5 Å². The Morgan fingerprint density at radius 3 is 1.94 bits per heavy atom. The molecule has 2 atom stereocenters. The Balaban J connectivity index is 2.40. The Morgan fingerprint density at radius 1 is 0.857 bits per heavy atom. The standard InChI is InChI=1S/C27H35NO5S2/c1-18(2)21-16-23(19(3)4)26(24(17-21)20(5)6)35(31,32)28-34(30,22-12-8-7-9-13-22)25-14-10-11-15-33-27(25)29/h7-13,16-20,25H,14-15H2,1-6H3. The van der Waals surface area contributed by atoms with E-state index in [0.717, 1.165) is 5.56 Å². The van der Waals surface area contributed by atoms with E-state index in [-0.39, 0.29) is 40.6 Å². The average molecular weight is 518 g/mol. The molecule has 0 radical (unpaired) electrons. The van der Waals surface area contributed by atoms with Gasteiger partial charge >= 0.3 is 5.97 Å². The fourth-order valence-electron chi connectivity index (χ4n) is 4.11. The highest BCUT2D eigenvalue weighted by molar-refractivity contribution is 8.04. The van der Waals surface area contributed by atoms with Crippen LogP contribution >= 0.6 is 0 Å². The SMILES string of the molecule is CC(C)c1cc(C(C)C)c(S(=O)(=O)N=S(=O)(c2ccccc2)C2CC=CCOC2=O)c(C(C)C)c1. The summed E-state index contributed by atoms with van der Waals surface area (Å²) in [4.78, 5) is 13.1. The number of rotatable bonds is 7. The van der Waals surface area contributed by atoms with Crippen molar-refractivity contribution in [1.29, 1.82) is 0 Å². The molecular weight excluding hydrogens is 482 g/mol. The van der Waals surface area contributed by atoms with E-state index in [1.54, 1.807) is 42.5 Å². The number of benzene rings is 2. The lowest BCUT2D eigenvalue weighted by atomic mass is 9.89. The van der Waals surface area contributed by atoms with Crippen molar-refractivity contribution < 1.29 is 22.2 Å². The fraction of sp³-hybridized carbons (Fsp3) is 0.444. The van der Waals surface area contributed by atoms with Gasteiger partial charge in [0.1, 0.15) is 21.6 Å². The van der Waals surface area contributed by atoms with Crippen LogP contribution < -0.4 is 0 Å². The molecule has 0 saturated heterocycles. The maximum absolute atomic E-state index is 14.6. The van der Waals surface area contributed by atoms with Crippen LogP contribution in [0.25, 0.3) is 0 Å². The van der Waals surface area contributed by atoms with Crippen molar-refractivity contribution in [1.82, 2.24) is 0 Å². The number of sulfonamides is 1. The van der Waals surface area contributed by atoms with Gasteiger partial charge in [0.05, 0.1) is 4.90 Å². The smallest absolute Gasteiger partial charge is 0.323 e. The second-order valence-electron chi connectivity index (χ2n) is 9.75. The summed E-state index contributed by atoms with van der Waals surface area (Å²) in [6, 6.07) is 12.0. The second kappa shape index (κ2) is 10.7. The summed E-state index contributed by atoms with van der Waals surface area (Å²) in [5.74, 6) is -0.722. The molecule has 0 aromatic heterocycles. The van der Waals surface area contributed by atoms with Crippen LogP contribution in [0.3, 0.4) is 0 Å². The lowest BCUT2D eigenvalue weighted by Gasteiger charge is -2.23. The predicted molar refractivity (Wildman–Crippen MR) is 140 cm³/mol. The number of allylic oxidation sites excluding steroid dienone is 1. The summed E-state index contributed by atoms with van der Waals surface area (Å²) in [7, 11) is -8.17. The van der Waals surface area contributed by atoms with Gasteiger partial charge in [-0.2, -0.15) is 8.42 Å². The zero-order valence-electron chi connectivity index (χ0n) is 21.2. The maximum atomic E-state index is 14.6. The summed E-state index contributed by atoms with van der Waals surface area (Å²) in [6.07, 6.45) is 3.43. The van der Waals surface area contributed by atoms with Gasteiger partial charge in [-0.3, -0.25) is 4.79 Å². The van der Waals surface area contributed by atoms with E-state index in [0.29, 0.717) is 11.1 Å². The third-order valence-corrected chi connectivity index (χ3v) is 10.9. The van der Waals surface area contributed by atoms with E-state index < -0.39 is 31.0 Å². The fourth-order valence-corrected chi connectivity index (χ4v) is 9.10. The molecule has 0 fully saturated rings. The first-order chi connectivity index (χ1) is 16.4. The van der Waals surface area contributed by atoms with Crippen molar-refractivity contribution in [3.8, 4) is 0 Å². The molecule has 0 bridgehead atoms. The lowest BCUT2D eigenvalue weighted by Crippen LogP contribution is -2.31. The van der Waals surface area contributed by atoms with Crippen molar-refractivity contribution in [2.75, 3.05) is 6.61 Å². The topological polar surface area (TPSA) is 89.9 Å². The van der Waals surface area contributed by atoms with Gasteiger partial charge in [0, 0.05) is 4.90 Å². The van der Waals surface area contributed by atoms with Crippen molar-refractivity contribution >= 4 is 25.7 Å². The largest absolute Gasteiger partial charge is 0.461 e. The normalized spacial score (nSPS) is 18.4. The van der Waals surface area contributed by atoms with Gasteiger partial charge in [-0.1, -0.05) is 84.0 Å². The van der Waals surface area contributed by atoms with Crippen LogP contribution in [0.15, 0.2) is 68.2 Å². The van der Waals surface area contributed by atoms with E-state index in [1.807, 2.05) is 39.8 Å². The van der Waals surface area contributed by atoms with E-state index in [2.05, 4.69) is 17.6 Å². The monoisotopic (exact) mass is 517 g/mol. The molecule has 0 saturated carbocycles. The zero-order chi connectivity index (χ0) is 26.0. The number of cyclic esters (lactones) is 1. The third-order valence-electron chi connectivity index (χ3n) is 6.11. The van der Waals surface area contributed by atoms with Crippen molar-refractivity contribution in [2.24, 2.45) is 3.77 Å². The first kappa shape index (κ1) is 27.1. The molecule has 1 heterocycles. The lowest BCUT2D eigenvalue weighted by molar-refractivity contribution is -0.141. The number of hydrogen-bond donors (Lipinski definition) is 0. The quantitative estimate of drug-likeness (QED) is 0.325. The first-order valence-corrected chi connectivity index (χ1v) is 15.0. The number of carbonyl (C=O) groups is 1. The number of nitrogens with zero attached hydrogens (tertiary/aromatic N) is 1. The molecule has 0 spiro atoms. The second-order valence-corrected chi connectivity index (χ2v) is 13.9. The molecule has 8 heteroatoms. The van der Waals surface area contributed by atoms with E-state index in [9.17, 15) is 17.4 Å². The molecule has 6 nitrogen and oxygen atoms in total. The van der Waals surface area contributed by atoms with Gasteiger partial charge in [0.15, 0.2) is 0 Å². The van der Waals surface area contributed by atoms with Crippen LogP contribution in [0.4, 0.5) is 0 Å². The molecule has 190 valence electrons. The van der Waals surface area contributed by atoms with Crippen molar-refractivity contribution in [3.05, 3.63) is 71.3 Å². The molecule has 0 aliphatic carbocycles. The Kier molecular flexibility index (Phi) is 8.27. The zero-order valence-corrected chi connectivity index (χ0v) is 22.9. The highest BCUT2D eigenvalue weighted by atomic mass is 32.3. The Bertz CT molecular complexity index is 1300. The summed E-state index contributed by atoms with van der Waals surface area (Å²) in [5.41, 5.74) is 2.32. The minimum absolute atomic E-state index is 0.0536. The molecule has 0 N–H and O–H groups in total. The molecular formula is C27H35NO5S2. The highest BCUT2D eigenvalue weighted by Crippen LogP contribution is 2.37. The predicted octanol–water partition coefficient (Wildman–Crippen LogP) is 6.14. The molecule has 1 aliphatic heterocycles. The molecule has 35 heavy (non-hydrogen) atoms. The van der Waals surface area contributed by atoms with Gasteiger partial charge in [0.25, 0.3) is 10.0 Å². The molecule has 1 aliphatic rings. The van der Waals surface area contributed by atoms with Crippen LogP contribution in [-0.2, 0) is 29.3 Å². The van der Waals surface area contributed by atoms with Crippen LogP contribution in [0.5, 0.6) is 0 Å². The summed E-state index contributed by atoms with van der Waals surface area (Å²) in [5, 5.41) is -1.24. The van der Waals surface area contributed by atoms with Crippen LogP contribution in [0, 0.1) is 0 Å². The Morgan fingerprint density at radius 2 is 1.43 bits per heavy atom. The average Bonchev–Trinajstić information content (AvgIpc) is 3.02. The molecule has 2 aromatic carbocycles. The van der Waals surface area contributed by atoms with Crippen LogP contribution in [0.1, 0.15) is 82.4 Å². The minimum Gasteiger partial charge on any atom is -0.461 e. The van der Waals surface area contributed by atoms with Gasteiger partial charge in [-0.15, -0.1) is 3.77 Å². The number of ether oxygens (including phenoxy) is 1. The van der Waals surface area contributed by atoms with E-state index in [1.165, 1.54) is 0 Å². The summed E-state index contributed by atoms with van der Waals surface area (Å²) in [6.45, 7) is 11.9. The molecule has 2 aromatic rings. The van der Waals surface area contributed by atoms with Crippen LogP contribution in [0.2, 0.25) is 0 Å². The number of esters is 1.